The highest BCUT2D eigenvalue weighted by Crippen LogP contribution is 2.34. The lowest BCUT2D eigenvalue weighted by molar-refractivity contribution is -0.645. The molecule has 1 aliphatic rings. The van der Waals surface area contributed by atoms with Crippen molar-refractivity contribution < 1.29 is 14.3 Å². The molecular formula is C23H21N3O3S. The molecule has 152 valence electrons. The summed E-state index contributed by atoms with van der Waals surface area (Å²) >= 11 is 1.21. The number of nitrogens with zero attached hydrogens (tertiary/aromatic N) is 3. The van der Waals surface area contributed by atoms with Crippen LogP contribution in [0.5, 0.6) is 5.75 Å². The number of thioether (sulfide) groups is 1. The van der Waals surface area contributed by atoms with E-state index in [1.807, 2.05) is 54.6 Å². The van der Waals surface area contributed by atoms with Crippen LogP contribution in [0.1, 0.15) is 23.6 Å². The summed E-state index contributed by atoms with van der Waals surface area (Å²) in [5.41, 5.74) is 2.86. The van der Waals surface area contributed by atoms with Crippen LogP contribution in [0, 0.1) is 5.21 Å². The zero-order valence-corrected chi connectivity index (χ0v) is 17.3. The average Bonchev–Trinajstić information content (AvgIpc) is 3.25. The molecule has 0 N–H and O–H groups in total. The number of methoxy groups -OCH3 is 1. The van der Waals surface area contributed by atoms with E-state index in [1.54, 1.807) is 30.3 Å². The summed E-state index contributed by atoms with van der Waals surface area (Å²) in [5, 5.41) is 18.6. The molecule has 0 bridgehead atoms. The number of carbonyl (C=O) groups is 1. The molecule has 2 heterocycles. The SMILES string of the molecule is COc1ccc(C2CC(c3ccccc3)=NN2C(=O)CSc2cccc[n+]2[O-])cc1. The Morgan fingerprint density at radius 1 is 1.13 bits per heavy atom. The largest absolute Gasteiger partial charge is 0.618 e. The van der Waals surface area contributed by atoms with Crippen LogP contribution in [0.4, 0.5) is 0 Å². The smallest absolute Gasteiger partial charge is 0.253 e. The second-order valence-corrected chi connectivity index (χ2v) is 7.79. The number of carbonyl (C=O) groups excluding carboxylic acids is 1. The second-order valence-electron chi connectivity index (χ2n) is 6.80. The van der Waals surface area contributed by atoms with Gasteiger partial charge in [-0.25, -0.2) is 5.01 Å². The summed E-state index contributed by atoms with van der Waals surface area (Å²) in [6.07, 6.45) is 2.05. The van der Waals surface area contributed by atoms with Crippen molar-refractivity contribution in [2.75, 3.05) is 12.9 Å². The summed E-state index contributed by atoms with van der Waals surface area (Å²) in [6, 6.07) is 22.5. The third-order valence-corrected chi connectivity index (χ3v) is 5.91. The fourth-order valence-electron chi connectivity index (χ4n) is 3.36. The number of benzene rings is 2. The Morgan fingerprint density at radius 2 is 1.87 bits per heavy atom. The lowest BCUT2D eigenvalue weighted by Gasteiger charge is -2.22. The normalized spacial score (nSPS) is 15.7. The molecular weight excluding hydrogens is 398 g/mol. The maximum Gasteiger partial charge on any atom is 0.253 e. The van der Waals surface area contributed by atoms with Gasteiger partial charge in [-0.15, -0.1) is 0 Å². The van der Waals surface area contributed by atoms with Crippen molar-refractivity contribution in [3.05, 3.63) is 95.3 Å². The highest BCUT2D eigenvalue weighted by atomic mass is 32.2. The summed E-state index contributed by atoms with van der Waals surface area (Å²) < 4.78 is 6.02. The number of rotatable bonds is 6. The first kappa shape index (κ1) is 20.0. The first-order valence-corrected chi connectivity index (χ1v) is 10.5. The molecule has 0 aliphatic carbocycles. The van der Waals surface area contributed by atoms with Crippen LogP contribution in [-0.4, -0.2) is 29.5 Å². The van der Waals surface area contributed by atoms with Crippen molar-refractivity contribution in [1.29, 1.82) is 0 Å². The van der Waals surface area contributed by atoms with Crippen molar-refractivity contribution in [2.45, 2.75) is 17.5 Å². The minimum atomic E-state index is -0.200. The highest BCUT2D eigenvalue weighted by Gasteiger charge is 2.33. The standard InChI is InChI=1S/C23H21N3O3S/c1-29-19-12-10-18(11-13-19)21-15-20(17-7-3-2-4-8-17)24-26(21)22(27)16-30-23-9-5-6-14-25(23)28/h2-14,21H,15-16H2,1H3. The second kappa shape index (κ2) is 9.00. The Labute approximate surface area is 179 Å². The fourth-order valence-corrected chi connectivity index (χ4v) is 4.12. The van der Waals surface area contributed by atoms with Crippen LogP contribution >= 0.6 is 11.8 Å². The zero-order chi connectivity index (χ0) is 20.9. The van der Waals surface area contributed by atoms with Gasteiger partial charge in [-0.3, -0.25) is 4.79 Å². The first-order chi connectivity index (χ1) is 14.7. The number of pyridine rings is 1. The van der Waals surface area contributed by atoms with Gasteiger partial charge in [0.25, 0.3) is 10.9 Å². The molecule has 0 radical (unpaired) electrons. The number of hydrazone groups is 1. The molecule has 1 aromatic heterocycles. The minimum Gasteiger partial charge on any atom is -0.618 e. The first-order valence-electron chi connectivity index (χ1n) is 9.55. The van der Waals surface area contributed by atoms with Crippen molar-refractivity contribution in [3.63, 3.8) is 0 Å². The van der Waals surface area contributed by atoms with E-state index in [0.717, 1.165) is 27.3 Å². The Morgan fingerprint density at radius 3 is 2.57 bits per heavy atom. The van der Waals surface area contributed by atoms with Gasteiger partial charge < -0.3 is 9.94 Å². The van der Waals surface area contributed by atoms with Gasteiger partial charge in [-0.1, -0.05) is 42.5 Å². The predicted molar refractivity (Wildman–Crippen MR) is 116 cm³/mol. The number of hydrogen-bond acceptors (Lipinski definition) is 5. The van der Waals surface area contributed by atoms with Gasteiger partial charge in [0.15, 0.2) is 6.20 Å². The molecule has 1 aliphatic heterocycles. The van der Waals surface area contributed by atoms with Crippen LogP contribution in [-0.2, 0) is 4.79 Å². The van der Waals surface area contributed by atoms with Crippen molar-refractivity contribution >= 4 is 23.4 Å². The van der Waals surface area contributed by atoms with Crippen molar-refractivity contribution in [2.24, 2.45) is 5.10 Å². The van der Waals surface area contributed by atoms with Crippen LogP contribution in [0.15, 0.2) is 89.1 Å². The van der Waals surface area contributed by atoms with E-state index >= 15 is 0 Å². The monoisotopic (exact) mass is 419 g/mol. The van der Waals surface area contributed by atoms with Crippen molar-refractivity contribution in [1.82, 2.24) is 5.01 Å². The third-order valence-electron chi connectivity index (χ3n) is 4.91. The highest BCUT2D eigenvalue weighted by molar-refractivity contribution is 7.99. The molecule has 1 atom stereocenters. The molecule has 2 aromatic carbocycles. The molecule has 3 aromatic rings. The number of hydrogen-bond donors (Lipinski definition) is 0. The molecule has 1 amide bonds. The van der Waals surface area contributed by atoms with E-state index < -0.39 is 0 Å². The molecule has 6 nitrogen and oxygen atoms in total. The van der Waals surface area contributed by atoms with E-state index in [-0.39, 0.29) is 17.7 Å². The van der Waals surface area contributed by atoms with Gasteiger partial charge in [-0.2, -0.15) is 9.83 Å². The summed E-state index contributed by atoms with van der Waals surface area (Å²) in [5.74, 6) is 0.749. The van der Waals surface area contributed by atoms with Crippen LogP contribution in [0.2, 0.25) is 0 Å². The molecule has 0 fully saturated rings. The van der Waals surface area contributed by atoms with Gasteiger partial charge in [0.05, 0.1) is 24.6 Å². The average molecular weight is 420 g/mol. The summed E-state index contributed by atoms with van der Waals surface area (Å²) in [4.78, 5) is 13.1. The molecule has 0 saturated heterocycles. The number of amides is 1. The molecule has 1 unspecified atom stereocenters. The topological polar surface area (TPSA) is 68.8 Å². The van der Waals surface area contributed by atoms with Crippen LogP contribution in [0.25, 0.3) is 0 Å². The van der Waals surface area contributed by atoms with E-state index in [1.165, 1.54) is 18.0 Å². The number of aromatic nitrogens is 1. The molecule has 30 heavy (non-hydrogen) atoms. The van der Waals surface area contributed by atoms with Gasteiger partial charge in [0, 0.05) is 18.6 Å². The summed E-state index contributed by atoms with van der Waals surface area (Å²) in [6.45, 7) is 0. The van der Waals surface area contributed by atoms with E-state index in [4.69, 9.17) is 4.74 Å². The quantitative estimate of drug-likeness (QED) is 0.346. The van der Waals surface area contributed by atoms with Gasteiger partial charge in [0.2, 0.25) is 0 Å². The number of ether oxygens (including phenoxy) is 1. The van der Waals surface area contributed by atoms with Crippen molar-refractivity contribution in [3.8, 4) is 5.75 Å². The van der Waals surface area contributed by atoms with Gasteiger partial charge in [-0.05, 0) is 41.1 Å². The van der Waals surface area contributed by atoms with E-state index in [0.29, 0.717) is 11.4 Å². The lowest BCUT2D eigenvalue weighted by Crippen LogP contribution is -2.31. The predicted octanol–water partition coefficient (Wildman–Crippen LogP) is 3.80. The Bertz CT molecular complexity index is 1050. The Kier molecular flexibility index (Phi) is 5.99. The van der Waals surface area contributed by atoms with Gasteiger partial charge >= 0.3 is 0 Å². The molecule has 0 saturated carbocycles. The third kappa shape index (κ3) is 4.31. The fraction of sp³-hybridized carbons (Fsp3) is 0.174. The maximum atomic E-state index is 13.1. The van der Waals surface area contributed by atoms with Crippen LogP contribution < -0.4 is 9.47 Å². The lowest BCUT2D eigenvalue weighted by atomic mass is 9.98. The molecule has 7 heteroatoms. The molecule has 0 spiro atoms. The van der Waals surface area contributed by atoms with Crippen LogP contribution in [0.3, 0.4) is 0 Å². The minimum absolute atomic E-state index is 0.129. The Balaban J connectivity index is 1.58. The molecule has 4 rings (SSSR count). The summed E-state index contributed by atoms with van der Waals surface area (Å²) in [7, 11) is 1.63. The zero-order valence-electron chi connectivity index (χ0n) is 16.5. The maximum absolute atomic E-state index is 13.1. The van der Waals surface area contributed by atoms with Gasteiger partial charge in [0.1, 0.15) is 5.75 Å². The Hall–Kier alpha value is -3.32. The van der Waals surface area contributed by atoms with E-state index in [2.05, 4.69) is 5.10 Å². The van der Waals surface area contributed by atoms with E-state index in [9.17, 15) is 10.0 Å².